The number of carbonyl (C=O) groups excluding carboxylic acids is 2. The fraction of sp³-hybridized carbons (Fsp3) is 0.548. The predicted molar refractivity (Wildman–Crippen MR) is 145 cm³/mol. The van der Waals surface area contributed by atoms with E-state index in [1.807, 2.05) is 51.1 Å². The first-order valence-corrected chi connectivity index (χ1v) is 13.6. The van der Waals surface area contributed by atoms with Gasteiger partial charge >= 0.3 is 5.97 Å². The summed E-state index contributed by atoms with van der Waals surface area (Å²) in [6.45, 7) is 9.25. The second-order valence-electron chi connectivity index (χ2n) is 11.9. The number of phenolic OH excluding ortho intramolecular Hbond substituents is 1. The van der Waals surface area contributed by atoms with Crippen LogP contribution in [0, 0.1) is 11.8 Å². The van der Waals surface area contributed by atoms with Crippen LogP contribution in [0.4, 0.5) is 0 Å². The number of aromatic hydroxyl groups is 1. The maximum atomic E-state index is 13.4. The van der Waals surface area contributed by atoms with E-state index in [1.54, 1.807) is 6.07 Å². The first kappa shape index (κ1) is 27.2. The molecular weight excluding hydrogens is 464 g/mol. The van der Waals surface area contributed by atoms with Crippen LogP contribution < -0.4 is 5.32 Å². The van der Waals surface area contributed by atoms with E-state index < -0.39 is 11.6 Å². The number of esters is 1. The van der Waals surface area contributed by atoms with Crippen LogP contribution in [0.3, 0.4) is 0 Å². The lowest BCUT2D eigenvalue weighted by Gasteiger charge is -2.56. The minimum Gasteiger partial charge on any atom is -0.508 e. The van der Waals surface area contributed by atoms with Crippen molar-refractivity contribution >= 4 is 11.9 Å². The van der Waals surface area contributed by atoms with Crippen molar-refractivity contribution in [3.05, 3.63) is 65.7 Å². The van der Waals surface area contributed by atoms with Gasteiger partial charge in [-0.25, -0.2) is 0 Å². The zero-order chi connectivity index (χ0) is 26.6. The third-order valence-corrected chi connectivity index (χ3v) is 8.28. The number of likely N-dealkylation sites (tertiary alicyclic amines) is 1. The third kappa shape index (κ3) is 6.53. The van der Waals surface area contributed by atoms with E-state index in [9.17, 15) is 14.7 Å². The molecule has 0 spiro atoms. The highest BCUT2D eigenvalue weighted by molar-refractivity contribution is 5.84. The maximum Gasteiger partial charge on any atom is 0.325 e. The van der Waals surface area contributed by atoms with E-state index >= 15 is 0 Å². The molecule has 1 aliphatic heterocycles. The lowest BCUT2D eigenvalue weighted by Crippen LogP contribution is -2.59. The summed E-state index contributed by atoms with van der Waals surface area (Å²) in [5, 5.41) is 13.0. The molecule has 1 heterocycles. The summed E-state index contributed by atoms with van der Waals surface area (Å²) in [6.07, 6.45) is 5.00. The molecule has 4 atom stereocenters. The van der Waals surface area contributed by atoms with Gasteiger partial charge in [0.15, 0.2) is 0 Å². The smallest absolute Gasteiger partial charge is 0.325 e. The van der Waals surface area contributed by atoms with Crippen LogP contribution in [0.1, 0.15) is 64.5 Å². The minimum atomic E-state index is -0.585. The number of piperidine rings is 1. The largest absolute Gasteiger partial charge is 0.508 e. The van der Waals surface area contributed by atoms with Gasteiger partial charge in [0.25, 0.3) is 0 Å². The summed E-state index contributed by atoms with van der Waals surface area (Å²) in [4.78, 5) is 28.1. The van der Waals surface area contributed by atoms with Crippen LogP contribution in [0.2, 0.25) is 0 Å². The highest BCUT2D eigenvalue weighted by Crippen LogP contribution is 2.51. The molecule has 4 rings (SSSR count). The van der Waals surface area contributed by atoms with Gasteiger partial charge < -0.3 is 15.2 Å². The summed E-state index contributed by atoms with van der Waals surface area (Å²) >= 11 is 0. The Morgan fingerprint density at radius 2 is 1.89 bits per heavy atom. The van der Waals surface area contributed by atoms with Gasteiger partial charge in [-0.05, 0) is 82.2 Å². The van der Waals surface area contributed by atoms with Gasteiger partial charge in [0.2, 0.25) is 5.91 Å². The van der Waals surface area contributed by atoms with Gasteiger partial charge in [-0.1, -0.05) is 55.8 Å². The summed E-state index contributed by atoms with van der Waals surface area (Å²) < 4.78 is 5.38. The average Bonchev–Trinajstić information content (AvgIpc) is 2.83. The topological polar surface area (TPSA) is 78.9 Å². The van der Waals surface area contributed by atoms with Crippen molar-refractivity contribution in [3.63, 3.8) is 0 Å². The van der Waals surface area contributed by atoms with Crippen LogP contribution in [-0.4, -0.2) is 53.2 Å². The Hall–Kier alpha value is -2.86. The summed E-state index contributed by atoms with van der Waals surface area (Å²) in [5.41, 5.74) is 1.83. The maximum absolute atomic E-state index is 13.4. The van der Waals surface area contributed by atoms with Crippen molar-refractivity contribution in [2.45, 2.75) is 76.9 Å². The Morgan fingerprint density at radius 3 is 2.59 bits per heavy atom. The molecule has 1 saturated heterocycles. The number of carbonyl (C=O) groups is 2. The SMILES string of the molecule is C[C@H]1C2CCCC1(c1cccc(O)c1)CCN2C[C@H](Cc1ccccc1)C(=O)NCC(=O)OC(C)(C)C. The van der Waals surface area contributed by atoms with Crippen molar-refractivity contribution in [1.29, 1.82) is 0 Å². The van der Waals surface area contributed by atoms with E-state index in [4.69, 9.17) is 4.74 Å². The fourth-order valence-electron chi connectivity index (χ4n) is 6.53. The van der Waals surface area contributed by atoms with Crippen LogP contribution in [0.5, 0.6) is 5.75 Å². The highest BCUT2D eigenvalue weighted by Gasteiger charge is 2.49. The molecule has 2 bridgehead atoms. The van der Waals surface area contributed by atoms with E-state index in [1.165, 1.54) is 5.56 Å². The van der Waals surface area contributed by atoms with Crippen LogP contribution >= 0.6 is 0 Å². The molecular formula is C31H42N2O4. The number of hydrogen-bond donors (Lipinski definition) is 2. The number of nitrogens with one attached hydrogen (secondary N) is 1. The van der Waals surface area contributed by atoms with Gasteiger partial charge in [0.05, 0.1) is 5.92 Å². The van der Waals surface area contributed by atoms with Crippen LogP contribution in [-0.2, 0) is 26.2 Å². The lowest BCUT2D eigenvalue weighted by atomic mass is 9.57. The molecule has 6 nitrogen and oxygen atoms in total. The molecule has 1 saturated carbocycles. The highest BCUT2D eigenvalue weighted by atomic mass is 16.6. The van der Waals surface area contributed by atoms with Crippen LogP contribution in [0.15, 0.2) is 54.6 Å². The molecule has 2 unspecified atom stereocenters. The van der Waals surface area contributed by atoms with E-state index in [-0.39, 0.29) is 23.8 Å². The lowest BCUT2D eigenvalue weighted by molar-refractivity contribution is -0.154. The molecule has 1 aliphatic carbocycles. The second-order valence-corrected chi connectivity index (χ2v) is 11.9. The van der Waals surface area contributed by atoms with Gasteiger partial charge in [-0.3, -0.25) is 14.5 Å². The van der Waals surface area contributed by atoms with Gasteiger partial charge in [-0.2, -0.15) is 0 Å². The summed E-state index contributed by atoms with van der Waals surface area (Å²) in [6, 6.07) is 18.3. The summed E-state index contributed by atoms with van der Waals surface area (Å²) in [7, 11) is 0. The Morgan fingerprint density at radius 1 is 1.14 bits per heavy atom. The molecule has 2 fully saturated rings. The van der Waals surface area contributed by atoms with Crippen LogP contribution in [0.25, 0.3) is 0 Å². The zero-order valence-electron chi connectivity index (χ0n) is 22.7. The van der Waals surface area contributed by atoms with E-state index in [0.717, 1.165) is 37.8 Å². The second kappa shape index (κ2) is 11.3. The number of nitrogens with zero attached hydrogens (tertiary/aromatic N) is 1. The predicted octanol–water partition coefficient (Wildman–Crippen LogP) is 4.84. The number of ether oxygens (including phenoxy) is 1. The minimum absolute atomic E-state index is 0.0616. The molecule has 37 heavy (non-hydrogen) atoms. The van der Waals surface area contributed by atoms with Crippen molar-refractivity contribution in [2.75, 3.05) is 19.6 Å². The molecule has 0 radical (unpaired) electrons. The Bertz CT molecular complexity index is 1080. The first-order chi connectivity index (χ1) is 17.6. The van der Waals surface area contributed by atoms with Crippen molar-refractivity contribution in [2.24, 2.45) is 11.8 Å². The molecule has 2 aromatic carbocycles. The molecule has 2 aliphatic rings. The number of benzene rings is 2. The van der Waals surface area contributed by atoms with Crippen molar-refractivity contribution in [1.82, 2.24) is 10.2 Å². The number of amides is 1. The summed E-state index contributed by atoms with van der Waals surface area (Å²) in [5.74, 6) is -0.0588. The van der Waals surface area contributed by atoms with Crippen molar-refractivity contribution < 1.29 is 19.4 Å². The molecule has 1 amide bonds. The Balaban J connectivity index is 1.49. The molecule has 6 heteroatoms. The molecule has 0 aromatic heterocycles. The first-order valence-electron chi connectivity index (χ1n) is 13.6. The average molecular weight is 507 g/mol. The molecule has 2 aromatic rings. The Labute approximate surface area is 221 Å². The van der Waals surface area contributed by atoms with Crippen molar-refractivity contribution in [3.8, 4) is 5.75 Å². The standard InChI is InChI=1S/C31H42N2O4/c1-22-27-14-9-15-31(22,25-12-8-13-26(34)19-25)16-17-33(27)21-24(18-23-10-6-5-7-11-23)29(36)32-20-28(35)37-30(2,3)4/h5-8,10-13,19,22,24,27,34H,9,14-18,20-21H2,1-4H3,(H,32,36)/t22-,24-,27?,31?/m0/s1. The zero-order valence-corrected chi connectivity index (χ0v) is 22.7. The third-order valence-electron chi connectivity index (χ3n) is 8.28. The Kier molecular flexibility index (Phi) is 8.27. The monoisotopic (exact) mass is 506 g/mol. The fourth-order valence-corrected chi connectivity index (χ4v) is 6.53. The number of phenols is 1. The number of fused-ring (bicyclic) bond motifs is 2. The molecule has 200 valence electrons. The number of hydrogen-bond acceptors (Lipinski definition) is 5. The van der Waals surface area contributed by atoms with Gasteiger partial charge in [-0.15, -0.1) is 0 Å². The quantitative estimate of drug-likeness (QED) is 0.501. The van der Waals surface area contributed by atoms with E-state index in [2.05, 4.69) is 35.3 Å². The van der Waals surface area contributed by atoms with Gasteiger partial charge in [0, 0.05) is 18.0 Å². The normalized spacial score (nSPS) is 24.8. The number of rotatable bonds is 8. The van der Waals surface area contributed by atoms with E-state index in [0.29, 0.717) is 30.7 Å². The molecule has 2 N–H and O–H groups in total. The van der Waals surface area contributed by atoms with Gasteiger partial charge in [0.1, 0.15) is 17.9 Å².